The van der Waals surface area contributed by atoms with Gasteiger partial charge in [0, 0.05) is 19.0 Å². The Kier molecular flexibility index (Phi) is 3.05. The van der Waals surface area contributed by atoms with E-state index in [2.05, 4.69) is 10.6 Å². The number of amides is 1. The van der Waals surface area contributed by atoms with Gasteiger partial charge in [0.2, 0.25) is 0 Å². The van der Waals surface area contributed by atoms with E-state index in [0.29, 0.717) is 18.7 Å². The molecule has 0 aliphatic carbocycles. The number of nitrogens with one attached hydrogen (secondary N) is 2. The van der Waals surface area contributed by atoms with Gasteiger partial charge >= 0.3 is 6.09 Å². The molecule has 2 rings (SSSR count). The molecule has 0 spiro atoms. The van der Waals surface area contributed by atoms with Crippen LogP contribution in [-0.2, 0) is 0 Å². The summed E-state index contributed by atoms with van der Waals surface area (Å²) in [4.78, 5) is 10.6. The van der Waals surface area contributed by atoms with Gasteiger partial charge in [-0.05, 0) is 11.6 Å². The highest BCUT2D eigenvalue weighted by Gasteiger charge is 2.31. The molecule has 1 aromatic rings. The summed E-state index contributed by atoms with van der Waals surface area (Å²) in [6.07, 6.45) is -1.07. The molecule has 2 atom stereocenters. The molecule has 1 aromatic carbocycles. The summed E-state index contributed by atoms with van der Waals surface area (Å²) >= 11 is 0. The zero-order valence-electron chi connectivity index (χ0n) is 8.61. The summed E-state index contributed by atoms with van der Waals surface area (Å²) < 4.78 is 13.5. The Morgan fingerprint density at radius 1 is 1.44 bits per heavy atom. The Bertz CT molecular complexity index is 397. The summed E-state index contributed by atoms with van der Waals surface area (Å²) in [5.41, 5.74) is 0.561. The van der Waals surface area contributed by atoms with Crippen molar-refractivity contribution in [3.63, 3.8) is 0 Å². The van der Waals surface area contributed by atoms with Crippen molar-refractivity contribution in [3.8, 4) is 0 Å². The van der Waals surface area contributed by atoms with E-state index in [1.54, 1.807) is 18.2 Å². The number of carboxylic acid groups (broad SMARTS) is 1. The lowest BCUT2D eigenvalue weighted by Gasteiger charge is -2.19. The van der Waals surface area contributed by atoms with Crippen LogP contribution in [0.25, 0.3) is 0 Å². The van der Waals surface area contributed by atoms with E-state index in [0.717, 1.165) is 0 Å². The Morgan fingerprint density at radius 2 is 2.19 bits per heavy atom. The molecule has 86 valence electrons. The predicted octanol–water partition coefficient (Wildman–Crippen LogP) is 1.15. The van der Waals surface area contributed by atoms with Crippen molar-refractivity contribution in [2.75, 3.05) is 13.1 Å². The Morgan fingerprint density at radius 3 is 2.88 bits per heavy atom. The van der Waals surface area contributed by atoms with Crippen LogP contribution in [0.2, 0.25) is 0 Å². The van der Waals surface area contributed by atoms with Crippen LogP contribution >= 0.6 is 0 Å². The van der Waals surface area contributed by atoms with Gasteiger partial charge in [-0.2, -0.15) is 0 Å². The standard InChI is InChI=1S/C11H13FN2O2/c12-9-4-2-1-3-7(9)8-5-13-6-10(8)14-11(15)16/h1-4,8,10,13-14H,5-6H2,(H,15,16)/t8-,10+/m0/s1. The quantitative estimate of drug-likeness (QED) is 0.706. The number of hydrogen-bond acceptors (Lipinski definition) is 2. The number of rotatable bonds is 2. The first kappa shape index (κ1) is 10.9. The third-order valence-electron chi connectivity index (χ3n) is 2.83. The number of benzene rings is 1. The van der Waals surface area contributed by atoms with Gasteiger partial charge in [0.25, 0.3) is 0 Å². The van der Waals surface area contributed by atoms with Gasteiger partial charge in [0.05, 0.1) is 6.04 Å². The highest BCUT2D eigenvalue weighted by molar-refractivity contribution is 5.65. The van der Waals surface area contributed by atoms with Crippen LogP contribution in [0, 0.1) is 5.82 Å². The highest BCUT2D eigenvalue weighted by atomic mass is 19.1. The van der Waals surface area contributed by atoms with Crippen LogP contribution in [0.3, 0.4) is 0 Å². The first-order valence-corrected chi connectivity index (χ1v) is 5.13. The molecule has 1 aliphatic heterocycles. The minimum absolute atomic E-state index is 0.141. The first-order valence-electron chi connectivity index (χ1n) is 5.13. The van der Waals surface area contributed by atoms with Crippen molar-refractivity contribution in [2.24, 2.45) is 0 Å². The lowest BCUT2D eigenvalue weighted by molar-refractivity contribution is 0.189. The van der Waals surface area contributed by atoms with E-state index >= 15 is 0 Å². The Hall–Kier alpha value is -1.62. The summed E-state index contributed by atoms with van der Waals surface area (Å²) in [5, 5.41) is 14.1. The second-order valence-corrected chi connectivity index (χ2v) is 3.84. The van der Waals surface area contributed by atoms with Gasteiger partial charge in [-0.1, -0.05) is 18.2 Å². The average Bonchev–Trinajstić information content (AvgIpc) is 2.66. The molecular formula is C11H13FN2O2. The fourth-order valence-electron chi connectivity index (χ4n) is 2.09. The smallest absolute Gasteiger partial charge is 0.404 e. The third-order valence-corrected chi connectivity index (χ3v) is 2.83. The lowest BCUT2D eigenvalue weighted by atomic mass is 9.94. The molecule has 4 nitrogen and oxygen atoms in total. The second-order valence-electron chi connectivity index (χ2n) is 3.84. The monoisotopic (exact) mass is 224 g/mol. The maximum absolute atomic E-state index is 13.5. The first-order chi connectivity index (χ1) is 7.68. The average molecular weight is 224 g/mol. The minimum atomic E-state index is -1.07. The van der Waals surface area contributed by atoms with Crippen LogP contribution in [0.5, 0.6) is 0 Å². The van der Waals surface area contributed by atoms with Crippen molar-refractivity contribution < 1.29 is 14.3 Å². The molecule has 0 radical (unpaired) electrons. The molecule has 3 N–H and O–H groups in total. The topological polar surface area (TPSA) is 61.4 Å². The summed E-state index contributed by atoms with van der Waals surface area (Å²) in [6, 6.07) is 6.21. The molecule has 1 fully saturated rings. The van der Waals surface area contributed by atoms with Crippen LogP contribution in [0.4, 0.5) is 9.18 Å². The third kappa shape index (κ3) is 2.14. The zero-order chi connectivity index (χ0) is 11.5. The van der Waals surface area contributed by atoms with Gasteiger partial charge in [-0.25, -0.2) is 9.18 Å². The molecule has 1 saturated heterocycles. The lowest BCUT2D eigenvalue weighted by Crippen LogP contribution is -2.38. The van der Waals surface area contributed by atoms with Crippen molar-refractivity contribution in [1.29, 1.82) is 0 Å². The molecule has 1 aliphatic rings. The molecule has 1 heterocycles. The minimum Gasteiger partial charge on any atom is -0.465 e. The fourth-order valence-corrected chi connectivity index (χ4v) is 2.09. The number of halogens is 1. The van der Waals surface area contributed by atoms with Crippen molar-refractivity contribution in [3.05, 3.63) is 35.6 Å². The summed E-state index contributed by atoms with van der Waals surface area (Å²) in [7, 11) is 0. The molecule has 16 heavy (non-hydrogen) atoms. The zero-order valence-corrected chi connectivity index (χ0v) is 8.61. The predicted molar refractivity (Wildman–Crippen MR) is 57.0 cm³/mol. The van der Waals surface area contributed by atoms with Gasteiger partial charge in [0.1, 0.15) is 5.82 Å². The molecule has 0 saturated carbocycles. The number of carbonyl (C=O) groups is 1. The van der Waals surface area contributed by atoms with Crippen molar-refractivity contribution in [1.82, 2.24) is 10.6 Å². The molecular weight excluding hydrogens is 211 g/mol. The maximum atomic E-state index is 13.5. The van der Waals surface area contributed by atoms with E-state index in [9.17, 15) is 9.18 Å². The molecule has 5 heteroatoms. The molecule has 0 aromatic heterocycles. The Labute approximate surface area is 92.5 Å². The molecule has 0 unspecified atom stereocenters. The Balaban J connectivity index is 2.20. The summed E-state index contributed by atoms with van der Waals surface area (Å²) in [6.45, 7) is 1.12. The number of hydrogen-bond donors (Lipinski definition) is 3. The van der Waals surface area contributed by atoms with E-state index < -0.39 is 6.09 Å². The molecule has 1 amide bonds. The van der Waals surface area contributed by atoms with Gasteiger partial charge in [-0.3, -0.25) is 0 Å². The summed E-state index contributed by atoms with van der Waals surface area (Å²) in [5.74, 6) is -0.425. The van der Waals surface area contributed by atoms with Crippen molar-refractivity contribution >= 4 is 6.09 Å². The van der Waals surface area contributed by atoms with Gasteiger partial charge in [-0.15, -0.1) is 0 Å². The van der Waals surface area contributed by atoms with E-state index in [1.807, 2.05) is 0 Å². The maximum Gasteiger partial charge on any atom is 0.404 e. The normalized spacial score (nSPS) is 24.3. The fraction of sp³-hybridized carbons (Fsp3) is 0.364. The van der Waals surface area contributed by atoms with Crippen LogP contribution in [0.15, 0.2) is 24.3 Å². The second kappa shape index (κ2) is 4.49. The highest BCUT2D eigenvalue weighted by Crippen LogP contribution is 2.25. The van der Waals surface area contributed by atoms with Crippen molar-refractivity contribution in [2.45, 2.75) is 12.0 Å². The van der Waals surface area contributed by atoms with Crippen LogP contribution in [-0.4, -0.2) is 30.3 Å². The molecule has 0 bridgehead atoms. The van der Waals surface area contributed by atoms with Gasteiger partial charge in [0.15, 0.2) is 0 Å². The van der Waals surface area contributed by atoms with E-state index in [-0.39, 0.29) is 17.8 Å². The van der Waals surface area contributed by atoms with Crippen LogP contribution < -0.4 is 10.6 Å². The SMILES string of the molecule is O=C(O)N[C@@H]1CNC[C@H]1c1ccccc1F. The van der Waals surface area contributed by atoms with Gasteiger partial charge < -0.3 is 15.7 Å². The van der Waals surface area contributed by atoms with E-state index in [4.69, 9.17) is 5.11 Å². The van der Waals surface area contributed by atoms with Crippen LogP contribution in [0.1, 0.15) is 11.5 Å². The van der Waals surface area contributed by atoms with E-state index in [1.165, 1.54) is 6.07 Å². The largest absolute Gasteiger partial charge is 0.465 e.